The van der Waals surface area contributed by atoms with Crippen molar-refractivity contribution in [3.63, 3.8) is 0 Å². The molecule has 0 aliphatic heterocycles. The van der Waals surface area contributed by atoms with E-state index in [4.69, 9.17) is 0 Å². The molecule has 0 unspecified atom stereocenters. The molecule has 0 radical (unpaired) electrons. The molecule has 2 aromatic rings. The molecule has 0 spiro atoms. The first kappa shape index (κ1) is 19.5. The van der Waals surface area contributed by atoms with Gasteiger partial charge in [0.2, 0.25) is 0 Å². The fourth-order valence-corrected chi connectivity index (χ4v) is 4.41. The monoisotopic (exact) mass is 402 g/mol. The van der Waals surface area contributed by atoms with Crippen molar-refractivity contribution in [1.82, 2.24) is 0 Å². The molecule has 0 bridgehead atoms. The Morgan fingerprint density at radius 2 is 1.42 bits per heavy atom. The summed E-state index contributed by atoms with van der Waals surface area (Å²) in [5, 5.41) is 0. The first-order valence-electron chi connectivity index (χ1n) is 9.63. The number of hydrogen-bond donors (Lipinski definition) is 0. The maximum absolute atomic E-state index is 3.70. The van der Waals surface area contributed by atoms with Gasteiger partial charge in [0, 0.05) is 9.89 Å². The molecule has 0 amide bonds. The minimum absolute atomic E-state index is 0.224. The van der Waals surface area contributed by atoms with Gasteiger partial charge in [-0.3, -0.25) is 0 Å². The van der Waals surface area contributed by atoms with Crippen LogP contribution in [-0.4, -0.2) is 10.2 Å². The standard InChI is InChI=1S/C21H25Br.CH6Si/c1-3-5-13-21(14-6-4-2)19-10-8-7-9-17(19)18-12-11-16(22)15-20(18)21;1-2/h7-12,15H,3-6,13-14H2,1-2H3;1-2H3. The zero-order chi connectivity index (χ0) is 17.6. The number of benzene rings is 2. The highest BCUT2D eigenvalue weighted by atomic mass is 79.9. The van der Waals surface area contributed by atoms with Gasteiger partial charge in [-0.15, -0.1) is 0 Å². The van der Waals surface area contributed by atoms with Crippen LogP contribution in [0.15, 0.2) is 46.9 Å². The van der Waals surface area contributed by atoms with Gasteiger partial charge in [0.25, 0.3) is 0 Å². The fourth-order valence-electron chi connectivity index (χ4n) is 4.05. The zero-order valence-corrected chi connectivity index (χ0v) is 19.2. The summed E-state index contributed by atoms with van der Waals surface area (Å²) in [6.45, 7) is 6.74. The molecular formula is C22H31BrSi. The van der Waals surface area contributed by atoms with Crippen LogP contribution in [0.5, 0.6) is 0 Å². The van der Waals surface area contributed by atoms with E-state index in [0.29, 0.717) is 0 Å². The van der Waals surface area contributed by atoms with Gasteiger partial charge in [0.1, 0.15) is 0 Å². The number of rotatable bonds is 6. The highest BCUT2D eigenvalue weighted by molar-refractivity contribution is 9.10. The Balaban J connectivity index is 0.00000100. The predicted molar refractivity (Wildman–Crippen MR) is 115 cm³/mol. The van der Waals surface area contributed by atoms with E-state index in [2.05, 4.69) is 78.8 Å². The summed E-state index contributed by atoms with van der Waals surface area (Å²) in [7, 11) is 1.31. The maximum Gasteiger partial charge on any atom is 0.0215 e. The van der Waals surface area contributed by atoms with Crippen molar-refractivity contribution in [2.24, 2.45) is 0 Å². The number of halogens is 1. The summed E-state index contributed by atoms with van der Waals surface area (Å²) < 4.78 is 1.21. The van der Waals surface area contributed by atoms with Crippen LogP contribution in [0.2, 0.25) is 6.55 Å². The fraction of sp³-hybridized carbons (Fsp3) is 0.455. The second kappa shape index (κ2) is 9.01. The van der Waals surface area contributed by atoms with Gasteiger partial charge in [-0.05, 0) is 57.5 Å². The van der Waals surface area contributed by atoms with Crippen LogP contribution in [0.25, 0.3) is 11.1 Å². The van der Waals surface area contributed by atoms with Gasteiger partial charge in [-0.2, -0.15) is 0 Å². The Bertz CT molecular complexity index is 655. The minimum Gasteiger partial charge on any atom is -0.0777 e. The molecule has 0 fully saturated rings. The normalized spacial score (nSPS) is 13.8. The van der Waals surface area contributed by atoms with Crippen molar-refractivity contribution < 1.29 is 0 Å². The molecule has 2 heteroatoms. The third-order valence-electron chi connectivity index (χ3n) is 5.14. The lowest BCUT2D eigenvalue weighted by Gasteiger charge is -2.32. The van der Waals surface area contributed by atoms with E-state index in [0.717, 1.165) is 0 Å². The summed E-state index contributed by atoms with van der Waals surface area (Å²) in [6, 6.07) is 15.9. The molecule has 2 aromatic carbocycles. The highest BCUT2D eigenvalue weighted by Crippen LogP contribution is 2.54. The molecule has 1 aliphatic carbocycles. The van der Waals surface area contributed by atoms with E-state index < -0.39 is 0 Å². The molecule has 0 nitrogen and oxygen atoms in total. The largest absolute Gasteiger partial charge is 0.0777 e. The average Bonchev–Trinajstić information content (AvgIpc) is 2.90. The summed E-state index contributed by atoms with van der Waals surface area (Å²) in [5.74, 6) is 0. The van der Waals surface area contributed by atoms with E-state index in [1.165, 1.54) is 64.4 Å². The van der Waals surface area contributed by atoms with Crippen LogP contribution >= 0.6 is 15.9 Å². The molecule has 0 saturated heterocycles. The third kappa shape index (κ3) is 3.55. The van der Waals surface area contributed by atoms with E-state index in [1.807, 2.05) is 0 Å². The Kier molecular flexibility index (Phi) is 7.30. The molecule has 1 aliphatic rings. The van der Waals surface area contributed by atoms with Crippen molar-refractivity contribution in [1.29, 1.82) is 0 Å². The summed E-state index contributed by atoms with van der Waals surface area (Å²) in [5.41, 5.74) is 6.24. The molecule has 0 saturated carbocycles. The SMILES string of the molecule is CCCCC1(CCCC)c2ccccc2-c2ccc(Br)cc21.C[SiH3]. The summed E-state index contributed by atoms with van der Waals surface area (Å²) in [4.78, 5) is 0. The predicted octanol–water partition coefficient (Wildman–Crippen LogP) is 6.50. The van der Waals surface area contributed by atoms with E-state index in [1.54, 1.807) is 11.1 Å². The lowest BCUT2D eigenvalue weighted by molar-refractivity contribution is 0.414. The lowest BCUT2D eigenvalue weighted by atomic mass is 9.71. The Labute approximate surface area is 159 Å². The van der Waals surface area contributed by atoms with Gasteiger partial charge in [0.15, 0.2) is 0 Å². The third-order valence-corrected chi connectivity index (χ3v) is 5.64. The smallest absolute Gasteiger partial charge is 0.0215 e. The minimum atomic E-state index is 0.224. The van der Waals surface area contributed by atoms with Gasteiger partial charge >= 0.3 is 0 Å². The van der Waals surface area contributed by atoms with Crippen molar-refractivity contribution in [3.05, 3.63) is 58.1 Å². The van der Waals surface area contributed by atoms with Crippen LogP contribution < -0.4 is 0 Å². The first-order valence-corrected chi connectivity index (χ1v) is 12.4. The Morgan fingerprint density at radius 3 is 2.04 bits per heavy atom. The molecule has 0 heterocycles. The van der Waals surface area contributed by atoms with E-state index in [9.17, 15) is 0 Å². The summed E-state index contributed by atoms with van der Waals surface area (Å²) >= 11 is 3.70. The lowest BCUT2D eigenvalue weighted by Crippen LogP contribution is -2.25. The van der Waals surface area contributed by atoms with Gasteiger partial charge < -0.3 is 0 Å². The second-order valence-corrected chi connectivity index (χ2v) is 7.44. The van der Waals surface area contributed by atoms with Crippen molar-refractivity contribution >= 4 is 26.2 Å². The average molecular weight is 403 g/mol. The molecular weight excluding hydrogens is 372 g/mol. The number of unbranched alkanes of at least 4 members (excludes halogenated alkanes) is 2. The molecule has 130 valence electrons. The van der Waals surface area contributed by atoms with Gasteiger partial charge in [-0.1, -0.05) is 92.3 Å². The van der Waals surface area contributed by atoms with Crippen LogP contribution in [-0.2, 0) is 5.41 Å². The topological polar surface area (TPSA) is 0 Å². The maximum atomic E-state index is 3.70. The Morgan fingerprint density at radius 1 is 0.833 bits per heavy atom. The van der Waals surface area contributed by atoms with Crippen molar-refractivity contribution in [3.8, 4) is 11.1 Å². The molecule has 0 atom stereocenters. The zero-order valence-electron chi connectivity index (χ0n) is 15.7. The molecule has 3 rings (SSSR count). The van der Waals surface area contributed by atoms with Crippen LogP contribution in [0.3, 0.4) is 0 Å². The molecule has 24 heavy (non-hydrogen) atoms. The number of fused-ring (bicyclic) bond motifs is 3. The van der Waals surface area contributed by atoms with Crippen molar-refractivity contribution in [2.45, 2.75) is 64.3 Å². The van der Waals surface area contributed by atoms with E-state index >= 15 is 0 Å². The van der Waals surface area contributed by atoms with Crippen molar-refractivity contribution in [2.75, 3.05) is 0 Å². The quantitative estimate of drug-likeness (QED) is 0.483. The van der Waals surface area contributed by atoms with Crippen LogP contribution in [0.4, 0.5) is 0 Å². The Hall–Kier alpha value is -0.863. The molecule has 0 N–H and O–H groups in total. The van der Waals surface area contributed by atoms with E-state index in [-0.39, 0.29) is 5.41 Å². The molecule has 0 aromatic heterocycles. The first-order chi connectivity index (χ1) is 11.7. The van der Waals surface area contributed by atoms with Gasteiger partial charge in [-0.25, -0.2) is 0 Å². The second-order valence-electron chi connectivity index (χ2n) is 6.52. The van der Waals surface area contributed by atoms with Crippen LogP contribution in [0.1, 0.15) is 63.5 Å². The highest BCUT2D eigenvalue weighted by Gasteiger charge is 2.41. The summed E-state index contributed by atoms with van der Waals surface area (Å²) in [6.07, 6.45) is 7.65. The van der Waals surface area contributed by atoms with Gasteiger partial charge in [0.05, 0.1) is 0 Å². The van der Waals surface area contributed by atoms with Crippen LogP contribution in [0, 0.1) is 0 Å². The number of hydrogen-bond acceptors (Lipinski definition) is 0.